The second kappa shape index (κ2) is 5.20. The lowest BCUT2D eigenvalue weighted by molar-refractivity contribution is -0.384. The molecule has 0 fully saturated rings. The zero-order chi connectivity index (χ0) is 13.9. The monoisotopic (exact) mass is 256 g/mol. The summed E-state index contributed by atoms with van der Waals surface area (Å²) in [5.41, 5.74) is 7.76. The van der Waals surface area contributed by atoms with Crippen molar-refractivity contribution in [3.8, 4) is 0 Å². The largest absolute Gasteiger partial charge is 0.321 e. The summed E-state index contributed by atoms with van der Waals surface area (Å²) in [6, 6.07) is 16.4. The third kappa shape index (κ3) is 3.17. The smallest absolute Gasteiger partial charge is 0.269 e. The Bertz CT molecular complexity index is 580. The number of rotatable bonds is 4. The van der Waals surface area contributed by atoms with Crippen molar-refractivity contribution in [2.24, 2.45) is 5.73 Å². The van der Waals surface area contributed by atoms with Crippen LogP contribution in [-0.2, 0) is 12.0 Å². The van der Waals surface area contributed by atoms with Gasteiger partial charge in [-0.1, -0.05) is 42.5 Å². The van der Waals surface area contributed by atoms with Gasteiger partial charge in [0.25, 0.3) is 5.69 Å². The second-order valence-corrected chi connectivity index (χ2v) is 4.89. The van der Waals surface area contributed by atoms with Gasteiger partial charge >= 0.3 is 0 Å². The van der Waals surface area contributed by atoms with Crippen molar-refractivity contribution < 1.29 is 4.92 Å². The molecular weight excluding hydrogens is 240 g/mol. The molecule has 2 rings (SSSR count). The molecule has 0 bridgehead atoms. The van der Waals surface area contributed by atoms with Crippen LogP contribution < -0.4 is 5.73 Å². The molecule has 0 saturated carbocycles. The Kier molecular flexibility index (Phi) is 3.62. The second-order valence-electron chi connectivity index (χ2n) is 4.89. The van der Waals surface area contributed by atoms with E-state index in [0.29, 0.717) is 6.42 Å². The van der Waals surface area contributed by atoms with Crippen LogP contribution >= 0.6 is 0 Å². The molecule has 4 nitrogen and oxygen atoms in total. The van der Waals surface area contributed by atoms with Crippen molar-refractivity contribution in [2.45, 2.75) is 18.9 Å². The molecule has 2 aromatic carbocycles. The highest BCUT2D eigenvalue weighted by molar-refractivity contribution is 5.36. The van der Waals surface area contributed by atoms with Crippen LogP contribution in [0, 0.1) is 10.1 Å². The standard InChI is InChI=1S/C15H16N2O2/c1-15(16,13-7-3-2-4-8-13)11-12-6-5-9-14(10-12)17(18)19/h2-10H,11,16H2,1H3. The molecule has 0 aliphatic heterocycles. The van der Waals surface area contributed by atoms with Gasteiger partial charge < -0.3 is 5.73 Å². The molecule has 0 heterocycles. The van der Waals surface area contributed by atoms with Gasteiger partial charge in [-0.15, -0.1) is 0 Å². The third-order valence-electron chi connectivity index (χ3n) is 3.13. The Morgan fingerprint density at radius 1 is 1.16 bits per heavy atom. The van der Waals surface area contributed by atoms with E-state index in [-0.39, 0.29) is 10.6 Å². The van der Waals surface area contributed by atoms with Crippen molar-refractivity contribution >= 4 is 5.69 Å². The number of hydrogen-bond acceptors (Lipinski definition) is 3. The number of benzene rings is 2. The van der Waals surface area contributed by atoms with E-state index in [1.54, 1.807) is 12.1 Å². The quantitative estimate of drug-likeness (QED) is 0.675. The van der Waals surface area contributed by atoms with E-state index in [1.807, 2.05) is 43.3 Å². The summed E-state index contributed by atoms with van der Waals surface area (Å²) in [4.78, 5) is 10.4. The molecule has 0 amide bonds. The minimum Gasteiger partial charge on any atom is -0.321 e. The fraction of sp³-hybridized carbons (Fsp3) is 0.200. The van der Waals surface area contributed by atoms with Crippen molar-refractivity contribution in [1.29, 1.82) is 0 Å². The highest BCUT2D eigenvalue weighted by atomic mass is 16.6. The van der Waals surface area contributed by atoms with Gasteiger partial charge in [0.1, 0.15) is 0 Å². The maximum absolute atomic E-state index is 10.8. The summed E-state index contributed by atoms with van der Waals surface area (Å²) in [6.07, 6.45) is 0.554. The minimum atomic E-state index is -0.545. The summed E-state index contributed by atoms with van der Waals surface area (Å²) in [5.74, 6) is 0. The van der Waals surface area contributed by atoms with Gasteiger partial charge in [0, 0.05) is 17.7 Å². The van der Waals surface area contributed by atoms with Gasteiger partial charge in [-0.25, -0.2) is 0 Å². The van der Waals surface area contributed by atoms with E-state index < -0.39 is 5.54 Å². The van der Waals surface area contributed by atoms with Gasteiger partial charge in [-0.2, -0.15) is 0 Å². The van der Waals surface area contributed by atoms with Crippen LogP contribution in [0.1, 0.15) is 18.1 Å². The Morgan fingerprint density at radius 2 is 1.84 bits per heavy atom. The average molecular weight is 256 g/mol. The summed E-state index contributed by atoms with van der Waals surface area (Å²) in [6.45, 7) is 1.93. The number of nitrogens with zero attached hydrogens (tertiary/aromatic N) is 1. The predicted molar refractivity (Wildman–Crippen MR) is 74.8 cm³/mol. The molecule has 4 heteroatoms. The molecule has 0 aliphatic carbocycles. The van der Waals surface area contributed by atoms with E-state index in [9.17, 15) is 10.1 Å². The zero-order valence-electron chi connectivity index (χ0n) is 10.7. The molecule has 98 valence electrons. The van der Waals surface area contributed by atoms with Crippen molar-refractivity contribution in [3.05, 3.63) is 75.8 Å². The van der Waals surface area contributed by atoms with Crippen LogP contribution in [-0.4, -0.2) is 4.92 Å². The maximum Gasteiger partial charge on any atom is 0.269 e. The minimum absolute atomic E-state index is 0.0985. The fourth-order valence-electron chi connectivity index (χ4n) is 2.12. The first-order chi connectivity index (χ1) is 8.99. The Balaban J connectivity index is 2.25. The lowest BCUT2D eigenvalue weighted by Crippen LogP contribution is -2.35. The van der Waals surface area contributed by atoms with Gasteiger partial charge in [-0.05, 0) is 24.5 Å². The Hall–Kier alpha value is -2.20. The highest BCUT2D eigenvalue weighted by Crippen LogP contribution is 2.24. The van der Waals surface area contributed by atoms with Crippen molar-refractivity contribution in [1.82, 2.24) is 0 Å². The van der Waals surface area contributed by atoms with Crippen LogP contribution in [0.25, 0.3) is 0 Å². The van der Waals surface area contributed by atoms with Gasteiger partial charge in [0.15, 0.2) is 0 Å². The van der Waals surface area contributed by atoms with Crippen LogP contribution in [0.3, 0.4) is 0 Å². The number of nitrogens with two attached hydrogens (primary N) is 1. The number of non-ortho nitro benzene ring substituents is 1. The summed E-state index contributed by atoms with van der Waals surface area (Å²) >= 11 is 0. The normalized spacial score (nSPS) is 13.8. The maximum atomic E-state index is 10.8. The topological polar surface area (TPSA) is 69.2 Å². The molecule has 0 radical (unpaired) electrons. The van der Waals surface area contributed by atoms with Gasteiger partial charge in [0.2, 0.25) is 0 Å². The van der Waals surface area contributed by atoms with Crippen LogP contribution in [0.15, 0.2) is 54.6 Å². The van der Waals surface area contributed by atoms with Gasteiger partial charge in [0.05, 0.1) is 4.92 Å². The molecular formula is C15H16N2O2. The molecule has 1 atom stereocenters. The molecule has 1 unspecified atom stereocenters. The molecule has 0 saturated heterocycles. The van der Waals surface area contributed by atoms with E-state index in [1.165, 1.54) is 6.07 Å². The highest BCUT2D eigenvalue weighted by Gasteiger charge is 2.22. The molecule has 0 aromatic heterocycles. The Labute approximate surface area is 112 Å². The van der Waals surface area contributed by atoms with E-state index in [2.05, 4.69) is 0 Å². The first-order valence-corrected chi connectivity index (χ1v) is 6.07. The van der Waals surface area contributed by atoms with E-state index >= 15 is 0 Å². The first kappa shape index (κ1) is 13.2. The number of nitro benzene ring substituents is 1. The summed E-state index contributed by atoms with van der Waals surface area (Å²) in [5, 5.41) is 10.8. The van der Waals surface area contributed by atoms with Crippen LogP contribution in [0.2, 0.25) is 0 Å². The molecule has 2 aromatic rings. The number of hydrogen-bond donors (Lipinski definition) is 1. The average Bonchev–Trinajstić information content (AvgIpc) is 2.39. The predicted octanol–water partition coefficient (Wildman–Crippen LogP) is 3.01. The van der Waals surface area contributed by atoms with Crippen molar-refractivity contribution in [3.63, 3.8) is 0 Å². The van der Waals surface area contributed by atoms with E-state index in [4.69, 9.17) is 5.73 Å². The van der Waals surface area contributed by atoms with Crippen LogP contribution in [0.5, 0.6) is 0 Å². The lowest BCUT2D eigenvalue weighted by Gasteiger charge is -2.25. The SMILES string of the molecule is CC(N)(Cc1cccc([N+](=O)[O-])c1)c1ccccc1. The van der Waals surface area contributed by atoms with Crippen LogP contribution in [0.4, 0.5) is 5.69 Å². The molecule has 0 spiro atoms. The summed E-state index contributed by atoms with van der Waals surface area (Å²) in [7, 11) is 0. The zero-order valence-corrected chi connectivity index (χ0v) is 10.7. The molecule has 0 aliphatic rings. The van der Waals surface area contributed by atoms with Gasteiger partial charge in [-0.3, -0.25) is 10.1 Å². The fourth-order valence-corrected chi connectivity index (χ4v) is 2.12. The number of nitro groups is 1. The van der Waals surface area contributed by atoms with E-state index in [0.717, 1.165) is 11.1 Å². The third-order valence-corrected chi connectivity index (χ3v) is 3.13. The summed E-state index contributed by atoms with van der Waals surface area (Å²) < 4.78 is 0. The van der Waals surface area contributed by atoms with Crippen molar-refractivity contribution in [2.75, 3.05) is 0 Å². The molecule has 2 N–H and O–H groups in total. The molecule has 19 heavy (non-hydrogen) atoms. The Morgan fingerprint density at radius 3 is 2.47 bits per heavy atom. The lowest BCUT2D eigenvalue weighted by atomic mass is 9.86. The first-order valence-electron chi connectivity index (χ1n) is 6.07.